The average molecular weight is 469 g/mol. The topological polar surface area (TPSA) is 110 Å². The van der Waals surface area contributed by atoms with Crippen LogP contribution in [0, 0.1) is 0 Å². The van der Waals surface area contributed by atoms with E-state index in [0.717, 1.165) is 4.31 Å². The highest BCUT2D eigenvalue weighted by Crippen LogP contribution is 2.27. The minimum absolute atomic E-state index is 0.0495. The quantitative estimate of drug-likeness (QED) is 0.382. The number of sulfonamides is 1. The number of hydrogen-bond donors (Lipinski definition) is 1. The van der Waals surface area contributed by atoms with E-state index >= 15 is 0 Å². The van der Waals surface area contributed by atoms with Gasteiger partial charge in [-0.25, -0.2) is 23.1 Å². The first-order valence-corrected chi connectivity index (χ1v) is 11.3. The number of benzene rings is 2. The lowest BCUT2D eigenvalue weighted by molar-refractivity contribution is -0.119. The molecule has 172 valence electrons. The van der Waals surface area contributed by atoms with Crippen molar-refractivity contribution in [2.45, 2.75) is 11.8 Å². The molecule has 3 rings (SSSR count). The number of methoxy groups -OCH3 is 2. The van der Waals surface area contributed by atoms with Gasteiger partial charge in [-0.3, -0.25) is 4.79 Å². The van der Waals surface area contributed by atoms with Crippen LogP contribution in [0.25, 0.3) is 0 Å². The molecule has 1 N–H and O–H groups in total. The van der Waals surface area contributed by atoms with Gasteiger partial charge in [0.2, 0.25) is 0 Å². The molecule has 2 aromatic carbocycles. The number of carbonyl (C=O) groups excluding carboxylic acids is 1. The zero-order valence-electron chi connectivity index (χ0n) is 18.4. The van der Waals surface area contributed by atoms with E-state index < -0.39 is 22.5 Å². The average Bonchev–Trinajstić information content (AvgIpc) is 2.86. The Morgan fingerprint density at radius 1 is 1.00 bits per heavy atom. The molecular formula is C23H24N4O5S. The van der Waals surface area contributed by atoms with E-state index in [0.29, 0.717) is 22.8 Å². The van der Waals surface area contributed by atoms with Gasteiger partial charge in [-0.2, -0.15) is 5.10 Å². The Bertz CT molecular complexity index is 1230. The van der Waals surface area contributed by atoms with Crippen LogP contribution in [0.15, 0.2) is 82.9 Å². The van der Waals surface area contributed by atoms with Gasteiger partial charge in [-0.1, -0.05) is 24.3 Å². The molecule has 1 amide bonds. The van der Waals surface area contributed by atoms with Crippen molar-refractivity contribution >= 4 is 27.5 Å². The number of rotatable bonds is 9. The summed E-state index contributed by atoms with van der Waals surface area (Å²) in [7, 11) is -0.965. The first kappa shape index (κ1) is 23.7. The molecule has 0 saturated carbocycles. The number of carbonyl (C=O) groups is 1. The Hall–Kier alpha value is -3.92. The number of amides is 1. The van der Waals surface area contributed by atoms with E-state index in [4.69, 9.17) is 9.47 Å². The molecule has 0 aliphatic heterocycles. The van der Waals surface area contributed by atoms with Gasteiger partial charge in [-0.15, -0.1) is 0 Å². The van der Waals surface area contributed by atoms with Gasteiger partial charge in [0, 0.05) is 11.8 Å². The van der Waals surface area contributed by atoms with Crippen molar-refractivity contribution in [3.63, 3.8) is 0 Å². The lowest BCUT2D eigenvalue weighted by atomic mass is 10.1. The molecule has 1 aromatic heterocycles. The summed E-state index contributed by atoms with van der Waals surface area (Å²) in [6, 6.07) is 17.9. The molecule has 0 saturated heterocycles. The van der Waals surface area contributed by atoms with E-state index in [1.54, 1.807) is 55.5 Å². The van der Waals surface area contributed by atoms with Crippen LogP contribution < -0.4 is 19.2 Å². The third-order valence-electron chi connectivity index (χ3n) is 4.67. The van der Waals surface area contributed by atoms with Crippen LogP contribution in [0.4, 0.5) is 5.82 Å². The predicted molar refractivity (Wildman–Crippen MR) is 125 cm³/mol. The summed E-state index contributed by atoms with van der Waals surface area (Å²) in [5, 5.41) is 4.11. The van der Waals surface area contributed by atoms with Gasteiger partial charge in [0.15, 0.2) is 11.5 Å². The van der Waals surface area contributed by atoms with Gasteiger partial charge in [0.25, 0.3) is 15.9 Å². The van der Waals surface area contributed by atoms with Crippen LogP contribution >= 0.6 is 0 Å². The van der Waals surface area contributed by atoms with Crippen LogP contribution in [0.3, 0.4) is 0 Å². The van der Waals surface area contributed by atoms with Crippen LogP contribution in [0.1, 0.15) is 12.5 Å². The van der Waals surface area contributed by atoms with Crippen molar-refractivity contribution in [2.24, 2.45) is 5.10 Å². The molecule has 1 heterocycles. The summed E-state index contributed by atoms with van der Waals surface area (Å²) in [5.41, 5.74) is 3.61. The highest BCUT2D eigenvalue weighted by Gasteiger charge is 2.27. The zero-order valence-corrected chi connectivity index (χ0v) is 19.2. The lowest BCUT2D eigenvalue weighted by Gasteiger charge is -2.22. The molecule has 0 spiro atoms. The predicted octanol–water partition coefficient (Wildman–Crippen LogP) is 2.83. The Balaban J connectivity index is 1.82. The number of hydrazone groups is 1. The molecule has 9 nitrogen and oxygen atoms in total. The molecule has 10 heteroatoms. The molecule has 0 unspecified atom stereocenters. The highest BCUT2D eigenvalue weighted by atomic mass is 32.2. The first-order chi connectivity index (χ1) is 15.9. The zero-order chi connectivity index (χ0) is 23.8. The van der Waals surface area contributed by atoms with E-state index in [2.05, 4.69) is 15.5 Å². The first-order valence-electron chi connectivity index (χ1n) is 9.91. The molecule has 0 radical (unpaired) electrons. The number of anilines is 1. The third kappa shape index (κ3) is 5.66. The van der Waals surface area contributed by atoms with Crippen LogP contribution in [0.2, 0.25) is 0 Å². The number of aromatic nitrogens is 1. The molecule has 0 bridgehead atoms. The molecule has 3 aromatic rings. The second-order valence-corrected chi connectivity index (χ2v) is 8.68. The van der Waals surface area contributed by atoms with E-state index in [1.807, 2.05) is 0 Å². The smallest absolute Gasteiger partial charge is 0.265 e. The minimum Gasteiger partial charge on any atom is -0.493 e. The standard InChI is InChI=1S/C23H24N4O5S/c1-17(18-12-13-20(31-2)21(15-18)32-3)25-26-23(28)16-27(22-11-7-8-14-24-22)33(29,30)19-9-5-4-6-10-19/h4-15H,16H2,1-3H3,(H,26,28)/b25-17-. The summed E-state index contributed by atoms with van der Waals surface area (Å²) in [6.45, 7) is 1.20. The highest BCUT2D eigenvalue weighted by molar-refractivity contribution is 7.92. The Kier molecular flexibility index (Phi) is 7.62. The number of nitrogens with zero attached hydrogens (tertiary/aromatic N) is 3. The third-order valence-corrected chi connectivity index (χ3v) is 6.44. The maximum Gasteiger partial charge on any atom is 0.265 e. The van der Waals surface area contributed by atoms with E-state index in [9.17, 15) is 13.2 Å². The Morgan fingerprint density at radius 2 is 1.70 bits per heavy atom. The van der Waals surface area contributed by atoms with Crippen LogP contribution in [-0.4, -0.2) is 45.8 Å². The van der Waals surface area contributed by atoms with Crippen molar-refractivity contribution in [1.29, 1.82) is 0 Å². The summed E-state index contributed by atoms with van der Waals surface area (Å²) in [4.78, 5) is 16.8. The molecule has 33 heavy (non-hydrogen) atoms. The normalized spacial score (nSPS) is 11.5. The Morgan fingerprint density at radius 3 is 2.33 bits per heavy atom. The van der Waals surface area contributed by atoms with Crippen molar-refractivity contribution < 1.29 is 22.7 Å². The van der Waals surface area contributed by atoms with Crippen molar-refractivity contribution in [1.82, 2.24) is 10.4 Å². The molecular weight excluding hydrogens is 444 g/mol. The second kappa shape index (κ2) is 10.6. The fraction of sp³-hybridized carbons (Fsp3) is 0.174. The molecule has 0 fully saturated rings. The fourth-order valence-corrected chi connectivity index (χ4v) is 4.34. The maximum atomic E-state index is 13.2. The molecule has 0 atom stereocenters. The monoisotopic (exact) mass is 468 g/mol. The largest absolute Gasteiger partial charge is 0.493 e. The molecule has 0 aliphatic carbocycles. The SMILES string of the molecule is COc1ccc(/C(C)=N\NC(=O)CN(c2ccccn2)S(=O)(=O)c2ccccc2)cc1OC. The van der Waals surface area contributed by atoms with Crippen molar-refractivity contribution in [3.05, 3.63) is 78.5 Å². The van der Waals surface area contributed by atoms with Crippen molar-refractivity contribution in [3.8, 4) is 11.5 Å². The van der Waals surface area contributed by atoms with Gasteiger partial charge in [0.1, 0.15) is 12.4 Å². The minimum atomic E-state index is -4.03. The number of ether oxygens (including phenoxy) is 2. The Labute approximate surface area is 192 Å². The number of hydrogen-bond acceptors (Lipinski definition) is 7. The number of pyridine rings is 1. The van der Waals surface area contributed by atoms with Crippen LogP contribution in [0.5, 0.6) is 11.5 Å². The summed E-state index contributed by atoms with van der Waals surface area (Å²) in [5.74, 6) is 0.582. The van der Waals surface area contributed by atoms with E-state index in [1.165, 1.54) is 38.6 Å². The fourth-order valence-electron chi connectivity index (χ4n) is 2.95. The van der Waals surface area contributed by atoms with Crippen molar-refractivity contribution in [2.75, 3.05) is 25.1 Å². The summed E-state index contributed by atoms with van der Waals surface area (Å²) >= 11 is 0. The van der Waals surface area contributed by atoms with E-state index in [-0.39, 0.29) is 10.7 Å². The second-order valence-electron chi connectivity index (χ2n) is 6.81. The maximum absolute atomic E-state index is 13.2. The van der Waals surface area contributed by atoms with Crippen LogP contribution in [-0.2, 0) is 14.8 Å². The lowest BCUT2D eigenvalue weighted by Crippen LogP contribution is -2.40. The van der Waals surface area contributed by atoms with Gasteiger partial charge < -0.3 is 9.47 Å². The summed E-state index contributed by atoms with van der Waals surface area (Å²) < 4.78 is 37.9. The molecule has 0 aliphatic rings. The van der Waals surface area contributed by atoms with Gasteiger partial charge >= 0.3 is 0 Å². The number of nitrogens with one attached hydrogen (secondary N) is 1. The summed E-state index contributed by atoms with van der Waals surface area (Å²) in [6.07, 6.45) is 1.46. The van der Waals surface area contributed by atoms with Gasteiger partial charge in [0.05, 0.1) is 24.8 Å². The van der Waals surface area contributed by atoms with Gasteiger partial charge in [-0.05, 0) is 49.4 Å².